The first kappa shape index (κ1) is 31.8. The summed E-state index contributed by atoms with van der Waals surface area (Å²) < 4.78 is 6.27. The molecule has 0 amide bonds. The van der Waals surface area contributed by atoms with Crippen LogP contribution in [0.3, 0.4) is 0 Å². The molecular formula is C40H56O4. The highest BCUT2D eigenvalue weighted by atomic mass is 16.5. The van der Waals surface area contributed by atoms with Crippen LogP contribution in [0.1, 0.15) is 105 Å². The molecule has 11 atom stereocenters. The number of carbonyl (C=O) groups excluding carboxylic acids is 1. The summed E-state index contributed by atoms with van der Waals surface area (Å²) in [6.07, 6.45) is 13.9. The molecule has 4 heteroatoms. The molecule has 5 aliphatic rings. The standard InChI is InChI=1S/C40H56O4/c1-25-18-21-40(35(42)43)23-22-38(6)28(33(40)26(25)2)15-17-32-37(5)24-30(44-8)34(29(41)16-14-27-12-10-9-11-13-27)36(3,4)31(37)19-20-39(32,38)7/h9-16,25-26,30-34H,17-24H2,1-8H3,(H,42,43)/b16-14+/t25-,26+,30+,31+,32-,33+,34-,37+,38-,39-,40+/m1/s1. The van der Waals surface area contributed by atoms with Crippen molar-refractivity contribution in [3.8, 4) is 0 Å². The van der Waals surface area contributed by atoms with E-state index in [9.17, 15) is 14.7 Å². The fourth-order valence-electron chi connectivity index (χ4n) is 12.6. The van der Waals surface area contributed by atoms with Crippen molar-refractivity contribution < 1.29 is 19.4 Å². The molecule has 4 saturated carbocycles. The molecule has 4 nitrogen and oxygen atoms in total. The van der Waals surface area contributed by atoms with Gasteiger partial charge in [-0.1, -0.05) is 96.5 Å². The molecule has 1 aromatic carbocycles. The Morgan fingerprint density at radius 1 is 0.932 bits per heavy atom. The van der Waals surface area contributed by atoms with Gasteiger partial charge in [0.05, 0.1) is 17.4 Å². The van der Waals surface area contributed by atoms with Gasteiger partial charge in [0.25, 0.3) is 0 Å². The maximum atomic E-state index is 14.0. The number of methoxy groups -OCH3 is 1. The molecule has 44 heavy (non-hydrogen) atoms. The summed E-state index contributed by atoms with van der Waals surface area (Å²) in [4.78, 5) is 27.0. The molecule has 1 aromatic rings. The second kappa shape index (κ2) is 10.7. The van der Waals surface area contributed by atoms with Crippen molar-refractivity contribution in [1.29, 1.82) is 0 Å². The van der Waals surface area contributed by atoms with Crippen LogP contribution in [0.2, 0.25) is 0 Å². The minimum absolute atomic E-state index is 0.0172. The Labute approximate surface area is 266 Å². The maximum absolute atomic E-state index is 14.0. The van der Waals surface area contributed by atoms with Crippen LogP contribution in [-0.2, 0) is 14.3 Å². The summed E-state index contributed by atoms with van der Waals surface area (Å²) >= 11 is 0. The molecule has 0 aliphatic heterocycles. The SMILES string of the molecule is CO[C@H]1C[C@]2(C)[C@H]3CC=C4[C@@H]5[C@@H](C)[C@H](C)CC[C@]5(C(=O)O)CC[C@@]4(C)[C@]3(C)CC[C@H]2C(C)(C)[C@@H]1C(=O)/C=C/c1ccccc1. The lowest BCUT2D eigenvalue weighted by molar-refractivity contribution is -0.219. The first-order valence-electron chi connectivity index (χ1n) is 17.4. The number of aliphatic carboxylic acids is 1. The van der Waals surface area contributed by atoms with E-state index in [1.54, 1.807) is 13.2 Å². The van der Waals surface area contributed by atoms with Gasteiger partial charge >= 0.3 is 5.97 Å². The third kappa shape index (κ3) is 4.25. The lowest BCUT2D eigenvalue weighted by atomic mass is 9.32. The Hall–Kier alpha value is -2.20. The molecule has 0 bridgehead atoms. The first-order chi connectivity index (χ1) is 20.7. The van der Waals surface area contributed by atoms with E-state index in [1.165, 1.54) is 5.57 Å². The topological polar surface area (TPSA) is 63.6 Å². The lowest BCUT2D eigenvalue weighted by Gasteiger charge is -2.72. The summed E-state index contributed by atoms with van der Waals surface area (Å²) in [5.41, 5.74) is 1.77. The quantitative estimate of drug-likeness (QED) is 0.270. The highest BCUT2D eigenvalue weighted by Crippen LogP contribution is 2.76. The van der Waals surface area contributed by atoms with Gasteiger partial charge in [0.1, 0.15) is 0 Å². The highest BCUT2D eigenvalue weighted by molar-refractivity contribution is 5.96. The van der Waals surface area contributed by atoms with E-state index in [-0.39, 0.29) is 45.4 Å². The van der Waals surface area contributed by atoms with Gasteiger partial charge in [-0.3, -0.25) is 9.59 Å². The van der Waals surface area contributed by atoms with Crippen LogP contribution in [0.25, 0.3) is 6.08 Å². The molecule has 5 aliphatic carbocycles. The molecule has 6 rings (SSSR count). The average Bonchev–Trinajstić information content (AvgIpc) is 2.97. The van der Waals surface area contributed by atoms with Gasteiger partial charge in [0, 0.05) is 7.11 Å². The fourth-order valence-corrected chi connectivity index (χ4v) is 12.6. The number of fused-ring (bicyclic) bond motifs is 7. The van der Waals surface area contributed by atoms with E-state index < -0.39 is 11.4 Å². The number of ether oxygens (including phenoxy) is 1. The molecule has 0 saturated heterocycles. The molecule has 4 fully saturated rings. The van der Waals surface area contributed by atoms with Crippen molar-refractivity contribution in [1.82, 2.24) is 0 Å². The van der Waals surface area contributed by atoms with Gasteiger partial charge < -0.3 is 9.84 Å². The third-order valence-corrected chi connectivity index (χ3v) is 15.2. The Kier molecular flexibility index (Phi) is 7.71. The molecule has 240 valence electrons. The predicted octanol–water partition coefficient (Wildman–Crippen LogP) is 9.25. The van der Waals surface area contributed by atoms with Crippen molar-refractivity contribution in [2.75, 3.05) is 7.11 Å². The smallest absolute Gasteiger partial charge is 0.310 e. The van der Waals surface area contributed by atoms with Crippen LogP contribution in [0.15, 0.2) is 48.1 Å². The minimum atomic E-state index is -0.615. The number of carboxylic acids is 1. The van der Waals surface area contributed by atoms with Crippen LogP contribution in [-0.4, -0.2) is 30.1 Å². The minimum Gasteiger partial charge on any atom is -0.481 e. The van der Waals surface area contributed by atoms with Crippen LogP contribution < -0.4 is 0 Å². The van der Waals surface area contributed by atoms with Gasteiger partial charge in [-0.2, -0.15) is 0 Å². The summed E-state index contributed by atoms with van der Waals surface area (Å²) in [6.45, 7) is 16.9. The predicted molar refractivity (Wildman–Crippen MR) is 177 cm³/mol. The van der Waals surface area contributed by atoms with Gasteiger partial charge in [0.2, 0.25) is 0 Å². The summed E-state index contributed by atoms with van der Waals surface area (Å²) in [7, 11) is 1.80. The van der Waals surface area contributed by atoms with Gasteiger partial charge in [-0.15, -0.1) is 0 Å². The van der Waals surface area contributed by atoms with Gasteiger partial charge in [0.15, 0.2) is 5.78 Å². The van der Waals surface area contributed by atoms with Crippen molar-refractivity contribution in [3.63, 3.8) is 0 Å². The van der Waals surface area contributed by atoms with Crippen LogP contribution in [0.4, 0.5) is 0 Å². The number of carbonyl (C=O) groups is 2. The van der Waals surface area contributed by atoms with Gasteiger partial charge in [-0.05, 0) is 114 Å². The normalized spacial score (nSPS) is 46.2. The molecule has 0 spiro atoms. The lowest BCUT2D eigenvalue weighted by Crippen LogP contribution is -2.67. The van der Waals surface area contributed by atoms with Gasteiger partial charge in [-0.25, -0.2) is 0 Å². The molecule has 1 N–H and O–H groups in total. The molecule has 0 aromatic heterocycles. The van der Waals surface area contributed by atoms with E-state index in [4.69, 9.17) is 4.74 Å². The Morgan fingerprint density at radius 3 is 2.30 bits per heavy atom. The summed E-state index contributed by atoms with van der Waals surface area (Å²) in [6, 6.07) is 10.1. The van der Waals surface area contributed by atoms with Crippen molar-refractivity contribution >= 4 is 17.8 Å². The number of ketones is 1. The van der Waals surface area contributed by atoms with E-state index >= 15 is 0 Å². The van der Waals surface area contributed by atoms with Crippen LogP contribution in [0.5, 0.6) is 0 Å². The molecule has 0 heterocycles. The summed E-state index contributed by atoms with van der Waals surface area (Å²) in [5, 5.41) is 10.7. The van der Waals surface area contributed by atoms with Crippen molar-refractivity contribution in [2.24, 2.45) is 62.6 Å². The zero-order valence-electron chi connectivity index (χ0n) is 28.5. The fraction of sp³-hybridized carbons (Fsp3) is 0.700. The number of hydrogen-bond donors (Lipinski definition) is 1. The maximum Gasteiger partial charge on any atom is 0.310 e. The van der Waals surface area contributed by atoms with E-state index in [0.29, 0.717) is 23.7 Å². The van der Waals surface area contributed by atoms with E-state index in [0.717, 1.165) is 56.9 Å². The summed E-state index contributed by atoms with van der Waals surface area (Å²) in [5.74, 6) is 1.34. The number of carboxylic acid groups (broad SMARTS) is 1. The van der Waals surface area contributed by atoms with Crippen LogP contribution in [0, 0.1) is 62.6 Å². The Morgan fingerprint density at radius 2 is 1.64 bits per heavy atom. The van der Waals surface area contributed by atoms with Crippen LogP contribution >= 0.6 is 0 Å². The third-order valence-electron chi connectivity index (χ3n) is 15.2. The Bertz CT molecular complexity index is 1360. The highest BCUT2D eigenvalue weighted by Gasteiger charge is 2.70. The zero-order valence-corrected chi connectivity index (χ0v) is 28.5. The second-order valence-corrected chi connectivity index (χ2v) is 17.0. The number of benzene rings is 1. The van der Waals surface area contributed by atoms with Crippen molar-refractivity contribution in [3.05, 3.63) is 53.6 Å². The second-order valence-electron chi connectivity index (χ2n) is 17.0. The molecule has 0 radical (unpaired) electrons. The zero-order chi connectivity index (χ0) is 31.9. The largest absolute Gasteiger partial charge is 0.481 e. The van der Waals surface area contributed by atoms with E-state index in [1.807, 2.05) is 36.4 Å². The number of allylic oxidation sites excluding steroid dienone is 3. The van der Waals surface area contributed by atoms with Crippen molar-refractivity contribution in [2.45, 2.75) is 106 Å². The Balaban J connectivity index is 1.37. The average molecular weight is 601 g/mol. The number of rotatable bonds is 5. The monoisotopic (exact) mass is 600 g/mol. The number of hydrogen-bond acceptors (Lipinski definition) is 3. The van der Waals surface area contributed by atoms with E-state index in [2.05, 4.69) is 54.5 Å². The molecule has 0 unspecified atom stereocenters. The molecular weight excluding hydrogens is 544 g/mol. The first-order valence-corrected chi connectivity index (χ1v) is 17.4.